The van der Waals surface area contributed by atoms with Crippen molar-refractivity contribution in [3.05, 3.63) is 73.6 Å². The summed E-state index contributed by atoms with van der Waals surface area (Å²) in [5.74, 6) is 2.46. The van der Waals surface area contributed by atoms with Gasteiger partial charge >= 0.3 is 0 Å². The summed E-state index contributed by atoms with van der Waals surface area (Å²) in [6.07, 6.45) is 5.40. The van der Waals surface area contributed by atoms with Gasteiger partial charge in [0.1, 0.15) is 29.5 Å². The normalized spacial score (nSPS) is 17.7. The molecule has 4 N–H and O–H groups in total. The van der Waals surface area contributed by atoms with Gasteiger partial charge in [0.2, 0.25) is 5.91 Å². The smallest absolute Gasteiger partial charge is 0.243 e. The summed E-state index contributed by atoms with van der Waals surface area (Å²) in [5.41, 5.74) is 7.87. The first kappa shape index (κ1) is 20.4. The highest BCUT2D eigenvalue weighted by Crippen LogP contribution is 2.34. The van der Waals surface area contributed by atoms with E-state index >= 15 is 0 Å². The Bertz CT molecular complexity index is 1050. The molecule has 7 nitrogen and oxygen atoms in total. The Morgan fingerprint density at radius 1 is 1.03 bits per heavy atom. The third-order valence-electron chi connectivity index (χ3n) is 5.30. The van der Waals surface area contributed by atoms with Gasteiger partial charge in [-0.3, -0.25) is 4.79 Å². The van der Waals surface area contributed by atoms with Crippen LogP contribution in [0.4, 0.5) is 11.6 Å². The minimum absolute atomic E-state index is 0.125. The van der Waals surface area contributed by atoms with E-state index in [9.17, 15) is 4.79 Å². The topological polar surface area (TPSA) is 102 Å². The molecule has 1 heterocycles. The molecule has 1 aromatic heterocycles. The van der Waals surface area contributed by atoms with Crippen LogP contribution in [0.3, 0.4) is 0 Å². The summed E-state index contributed by atoms with van der Waals surface area (Å²) >= 11 is 0. The Hall–Kier alpha value is -3.87. The van der Waals surface area contributed by atoms with E-state index in [4.69, 9.17) is 10.5 Å². The average Bonchev–Trinajstić information content (AvgIpc) is 3.22. The first-order valence-electron chi connectivity index (χ1n) is 10.3. The fraction of sp³-hybridized carbons (Fsp3) is 0.208. The number of hydrogen-bond donors (Lipinski definition) is 3. The largest absolute Gasteiger partial charge is 0.457 e. The Morgan fingerprint density at radius 2 is 1.74 bits per heavy atom. The van der Waals surface area contributed by atoms with E-state index in [0.29, 0.717) is 11.6 Å². The highest BCUT2D eigenvalue weighted by Gasteiger charge is 2.26. The van der Waals surface area contributed by atoms with Gasteiger partial charge in [0, 0.05) is 12.1 Å². The molecule has 0 bridgehead atoms. The molecule has 3 aromatic rings. The van der Waals surface area contributed by atoms with Crippen molar-refractivity contribution in [2.45, 2.75) is 31.3 Å². The highest BCUT2D eigenvalue weighted by atomic mass is 16.5. The van der Waals surface area contributed by atoms with Crippen LogP contribution in [0.1, 0.15) is 19.3 Å². The van der Waals surface area contributed by atoms with Crippen molar-refractivity contribution in [3.8, 4) is 22.6 Å². The number of nitrogen functional groups attached to an aromatic ring is 1. The fourth-order valence-electron chi connectivity index (χ4n) is 3.80. The zero-order valence-electron chi connectivity index (χ0n) is 17.1. The Kier molecular flexibility index (Phi) is 6.12. The number of nitrogens with one attached hydrogen (secondary N) is 2. The van der Waals surface area contributed by atoms with Crippen LogP contribution in [-0.2, 0) is 4.79 Å². The molecule has 1 aliphatic carbocycles. The molecule has 1 saturated carbocycles. The number of aromatic nitrogens is 2. The number of amides is 1. The lowest BCUT2D eigenvalue weighted by Crippen LogP contribution is -2.32. The summed E-state index contributed by atoms with van der Waals surface area (Å²) in [4.78, 5) is 20.2. The number of rotatable bonds is 7. The van der Waals surface area contributed by atoms with E-state index in [1.807, 2.05) is 54.6 Å². The average molecular weight is 415 g/mol. The van der Waals surface area contributed by atoms with Crippen LogP contribution in [0.15, 0.2) is 73.6 Å². The maximum absolute atomic E-state index is 11.6. The quantitative estimate of drug-likeness (QED) is 0.501. The molecule has 7 heteroatoms. The van der Waals surface area contributed by atoms with Crippen molar-refractivity contribution >= 4 is 17.5 Å². The zero-order chi connectivity index (χ0) is 21.6. The molecule has 0 saturated heterocycles. The van der Waals surface area contributed by atoms with Crippen LogP contribution in [0, 0.1) is 0 Å². The number of hydrogen-bond acceptors (Lipinski definition) is 6. The van der Waals surface area contributed by atoms with Crippen LogP contribution in [-0.4, -0.2) is 28.0 Å². The molecular weight excluding hydrogens is 390 g/mol. The Balaban J connectivity index is 1.49. The van der Waals surface area contributed by atoms with E-state index in [-0.39, 0.29) is 18.0 Å². The molecule has 1 aliphatic rings. The maximum atomic E-state index is 11.6. The van der Waals surface area contributed by atoms with Gasteiger partial charge in [0.25, 0.3) is 0 Å². The van der Waals surface area contributed by atoms with Gasteiger partial charge in [-0.05, 0) is 55.2 Å². The number of carbonyl (C=O) groups excluding carboxylic acids is 1. The molecule has 158 valence electrons. The number of benzene rings is 2. The van der Waals surface area contributed by atoms with E-state index < -0.39 is 0 Å². The lowest BCUT2D eigenvalue weighted by molar-refractivity contribution is -0.117. The van der Waals surface area contributed by atoms with Crippen LogP contribution in [0.25, 0.3) is 11.1 Å². The number of para-hydroxylation sites is 1. The minimum atomic E-state index is -0.143. The molecule has 31 heavy (non-hydrogen) atoms. The van der Waals surface area contributed by atoms with Crippen molar-refractivity contribution in [2.75, 3.05) is 11.1 Å². The molecule has 0 aliphatic heterocycles. The number of ether oxygens (including phenoxy) is 1. The van der Waals surface area contributed by atoms with Crippen molar-refractivity contribution in [1.82, 2.24) is 15.3 Å². The van der Waals surface area contributed by atoms with Gasteiger partial charge in [0.05, 0.1) is 5.56 Å². The molecule has 1 fully saturated rings. The second kappa shape index (κ2) is 9.30. The van der Waals surface area contributed by atoms with Crippen LogP contribution < -0.4 is 21.1 Å². The monoisotopic (exact) mass is 415 g/mol. The molecule has 2 unspecified atom stereocenters. The second-order valence-corrected chi connectivity index (χ2v) is 7.49. The lowest BCUT2D eigenvalue weighted by Gasteiger charge is -2.18. The number of nitrogens with zero attached hydrogens (tertiary/aromatic N) is 2. The van der Waals surface area contributed by atoms with Gasteiger partial charge < -0.3 is 21.1 Å². The van der Waals surface area contributed by atoms with E-state index in [1.54, 1.807) is 0 Å². The summed E-state index contributed by atoms with van der Waals surface area (Å²) in [7, 11) is 0. The Morgan fingerprint density at radius 3 is 2.48 bits per heavy atom. The van der Waals surface area contributed by atoms with Crippen LogP contribution in [0.5, 0.6) is 11.5 Å². The maximum Gasteiger partial charge on any atom is 0.243 e. The van der Waals surface area contributed by atoms with Crippen LogP contribution in [0.2, 0.25) is 0 Å². The lowest BCUT2D eigenvalue weighted by atomic mass is 10.1. The third kappa shape index (κ3) is 5.01. The zero-order valence-corrected chi connectivity index (χ0v) is 17.1. The summed E-state index contributed by atoms with van der Waals surface area (Å²) < 4.78 is 5.87. The van der Waals surface area contributed by atoms with Crippen molar-refractivity contribution in [3.63, 3.8) is 0 Å². The number of carbonyl (C=O) groups is 1. The molecule has 0 spiro atoms. The summed E-state index contributed by atoms with van der Waals surface area (Å²) in [6.45, 7) is 3.51. The molecule has 2 atom stereocenters. The predicted octanol–water partition coefficient (Wildman–Crippen LogP) is 4.15. The minimum Gasteiger partial charge on any atom is -0.457 e. The molecule has 1 amide bonds. The predicted molar refractivity (Wildman–Crippen MR) is 122 cm³/mol. The van der Waals surface area contributed by atoms with Crippen molar-refractivity contribution in [1.29, 1.82) is 0 Å². The van der Waals surface area contributed by atoms with E-state index in [1.165, 1.54) is 12.4 Å². The first-order valence-corrected chi connectivity index (χ1v) is 10.3. The van der Waals surface area contributed by atoms with Crippen LogP contribution >= 0.6 is 0 Å². The first-order chi connectivity index (χ1) is 15.1. The number of nitrogens with two attached hydrogens (primary N) is 1. The molecule has 2 aromatic carbocycles. The SMILES string of the molecule is C=CC(=O)NC1CCC(Nc2ncnc(N)c2-c2ccc(Oc3ccccc3)cc2)C1. The number of anilines is 2. The van der Waals surface area contributed by atoms with Crippen molar-refractivity contribution in [2.24, 2.45) is 0 Å². The molecule has 0 radical (unpaired) electrons. The van der Waals surface area contributed by atoms with E-state index in [2.05, 4.69) is 27.2 Å². The standard InChI is InChI=1S/C24H25N5O2/c1-2-21(30)28-17-10-11-18(14-17)29-24-22(23(25)26-15-27-24)16-8-12-20(13-9-16)31-19-6-4-3-5-7-19/h2-9,12-13,15,17-18H,1,10-11,14H2,(H,28,30)(H3,25,26,27,29). The van der Waals surface area contributed by atoms with E-state index in [0.717, 1.165) is 41.9 Å². The second-order valence-electron chi connectivity index (χ2n) is 7.49. The summed E-state index contributed by atoms with van der Waals surface area (Å²) in [5, 5.41) is 6.44. The Labute approximate surface area is 181 Å². The van der Waals surface area contributed by atoms with Gasteiger partial charge in [0.15, 0.2) is 0 Å². The molecule has 4 rings (SSSR count). The van der Waals surface area contributed by atoms with Gasteiger partial charge in [-0.15, -0.1) is 0 Å². The molecular formula is C24H25N5O2. The van der Waals surface area contributed by atoms with Gasteiger partial charge in [-0.25, -0.2) is 9.97 Å². The highest BCUT2D eigenvalue weighted by molar-refractivity contribution is 5.87. The van der Waals surface area contributed by atoms with Gasteiger partial charge in [-0.2, -0.15) is 0 Å². The summed E-state index contributed by atoms with van der Waals surface area (Å²) in [6, 6.07) is 17.6. The van der Waals surface area contributed by atoms with Gasteiger partial charge in [-0.1, -0.05) is 36.9 Å². The fourth-order valence-corrected chi connectivity index (χ4v) is 3.80. The van der Waals surface area contributed by atoms with Crippen molar-refractivity contribution < 1.29 is 9.53 Å². The third-order valence-corrected chi connectivity index (χ3v) is 5.30.